The van der Waals surface area contributed by atoms with Crippen LogP contribution in [0.5, 0.6) is 0 Å². The number of hydrogen-bond donors (Lipinski definition) is 0. The predicted octanol–water partition coefficient (Wildman–Crippen LogP) is 1.08. The van der Waals surface area contributed by atoms with E-state index in [0.29, 0.717) is 13.2 Å². The van der Waals surface area contributed by atoms with Crippen LogP contribution >= 0.6 is 0 Å². The van der Waals surface area contributed by atoms with Crippen LogP contribution in [-0.2, 0) is 9.53 Å². The van der Waals surface area contributed by atoms with Crippen molar-refractivity contribution in [3.05, 3.63) is 0 Å². The summed E-state index contributed by atoms with van der Waals surface area (Å²) in [4.78, 5) is 13.5. The summed E-state index contributed by atoms with van der Waals surface area (Å²) in [5, 5.41) is 0. The van der Waals surface area contributed by atoms with E-state index in [-0.39, 0.29) is 12.4 Å². The van der Waals surface area contributed by atoms with Gasteiger partial charge in [-0.1, -0.05) is 6.42 Å². The fourth-order valence-corrected chi connectivity index (χ4v) is 1.63. The molecular formula is C10H19NO2. The second-order valence-electron chi connectivity index (χ2n) is 3.51. The van der Waals surface area contributed by atoms with Gasteiger partial charge in [0, 0.05) is 6.61 Å². The molecule has 1 saturated heterocycles. The summed E-state index contributed by atoms with van der Waals surface area (Å²) in [5.74, 6) is 0.212. The molecule has 1 aliphatic heterocycles. The second-order valence-corrected chi connectivity index (χ2v) is 3.51. The zero-order valence-corrected chi connectivity index (χ0v) is 8.42. The van der Waals surface area contributed by atoms with E-state index in [2.05, 4.69) is 4.90 Å². The van der Waals surface area contributed by atoms with Gasteiger partial charge in [-0.15, -0.1) is 0 Å². The molecule has 3 heteroatoms. The van der Waals surface area contributed by atoms with Gasteiger partial charge in [0.2, 0.25) is 0 Å². The molecule has 0 unspecified atom stereocenters. The van der Waals surface area contributed by atoms with E-state index >= 15 is 0 Å². The predicted molar refractivity (Wildman–Crippen MR) is 51.8 cm³/mol. The molecule has 0 atom stereocenters. The Morgan fingerprint density at radius 3 is 2.62 bits per heavy atom. The van der Waals surface area contributed by atoms with Crippen LogP contribution in [0.1, 0.15) is 26.2 Å². The largest absolute Gasteiger partial charge is 0.374 e. The van der Waals surface area contributed by atoms with Gasteiger partial charge in [0.1, 0.15) is 6.61 Å². The van der Waals surface area contributed by atoms with Gasteiger partial charge >= 0.3 is 0 Å². The number of likely N-dealkylation sites (tertiary alicyclic amines) is 1. The zero-order chi connectivity index (χ0) is 9.52. The highest BCUT2D eigenvalue weighted by Gasteiger charge is 2.13. The molecule has 3 nitrogen and oxygen atoms in total. The third-order valence-electron chi connectivity index (χ3n) is 2.32. The summed E-state index contributed by atoms with van der Waals surface area (Å²) >= 11 is 0. The Balaban J connectivity index is 2.11. The third kappa shape index (κ3) is 4.39. The topological polar surface area (TPSA) is 29.5 Å². The molecule has 0 N–H and O–H groups in total. The Morgan fingerprint density at radius 2 is 2.00 bits per heavy atom. The van der Waals surface area contributed by atoms with Crippen LogP contribution in [0, 0.1) is 0 Å². The van der Waals surface area contributed by atoms with Crippen molar-refractivity contribution in [3.8, 4) is 0 Å². The van der Waals surface area contributed by atoms with Gasteiger partial charge < -0.3 is 4.74 Å². The van der Waals surface area contributed by atoms with E-state index in [0.717, 1.165) is 13.1 Å². The van der Waals surface area contributed by atoms with Crippen molar-refractivity contribution in [1.29, 1.82) is 0 Å². The minimum atomic E-state index is 0.212. The molecule has 1 rings (SSSR count). The number of carbonyl (C=O) groups is 1. The lowest BCUT2D eigenvalue weighted by molar-refractivity contribution is -0.124. The smallest absolute Gasteiger partial charge is 0.172 e. The van der Waals surface area contributed by atoms with Crippen molar-refractivity contribution >= 4 is 5.78 Å². The Morgan fingerprint density at radius 1 is 1.31 bits per heavy atom. The number of carbonyl (C=O) groups excluding carboxylic acids is 1. The summed E-state index contributed by atoms with van der Waals surface area (Å²) in [5.41, 5.74) is 0. The van der Waals surface area contributed by atoms with E-state index in [1.165, 1.54) is 19.3 Å². The molecule has 1 aliphatic rings. The summed E-state index contributed by atoms with van der Waals surface area (Å²) in [6.07, 6.45) is 3.79. The molecule has 76 valence electrons. The van der Waals surface area contributed by atoms with E-state index in [1.54, 1.807) is 0 Å². The van der Waals surface area contributed by atoms with Gasteiger partial charge in [0.25, 0.3) is 0 Å². The average molecular weight is 185 g/mol. The molecule has 0 amide bonds. The first-order chi connectivity index (χ1) is 6.33. The summed E-state index contributed by atoms with van der Waals surface area (Å²) in [6.45, 7) is 5.57. The number of ketones is 1. The number of hydrogen-bond acceptors (Lipinski definition) is 3. The highest BCUT2D eigenvalue weighted by molar-refractivity contribution is 5.81. The molecule has 0 radical (unpaired) electrons. The van der Waals surface area contributed by atoms with Crippen LogP contribution in [0.2, 0.25) is 0 Å². The molecule has 0 aromatic carbocycles. The Kier molecular flexibility index (Phi) is 5.01. The maximum atomic E-state index is 11.3. The maximum Gasteiger partial charge on any atom is 0.172 e. The lowest BCUT2D eigenvalue weighted by Gasteiger charge is -2.25. The van der Waals surface area contributed by atoms with Gasteiger partial charge in [-0.3, -0.25) is 9.69 Å². The quantitative estimate of drug-likeness (QED) is 0.642. The highest BCUT2D eigenvalue weighted by atomic mass is 16.5. The Labute approximate surface area is 80.1 Å². The van der Waals surface area contributed by atoms with Crippen molar-refractivity contribution in [2.75, 3.05) is 32.8 Å². The molecular weight excluding hydrogens is 166 g/mol. The van der Waals surface area contributed by atoms with Crippen molar-refractivity contribution in [2.24, 2.45) is 0 Å². The fourth-order valence-electron chi connectivity index (χ4n) is 1.63. The van der Waals surface area contributed by atoms with E-state index in [9.17, 15) is 4.79 Å². The van der Waals surface area contributed by atoms with Gasteiger partial charge in [-0.25, -0.2) is 0 Å². The van der Waals surface area contributed by atoms with Gasteiger partial charge in [0.15, 0.2) is 5.78 Å². The SMILES string of the molecule is CCOCC(=O)CN1CCCCC1. The van der Waals surface area contributed by atoms with Crippen molar-refractivity contribution in [2.45, 2.75) is 26.2 Å². The van der Waals surface area contributed by atoms with Crippen LogP contribution in [0.3, 0.4) is 0 Å². The molecule has 0 aromatic rings. The Bertz CT molecular complexity index is 153. The van der Waals surface area contributed by atoms with Gasteiger partial charge in [-0.05, 0) is 32.9 Å². The van der Waals surface area contributed by atoms with Crippen LogP contribution in [-0.4, -0.2) is 43.5 Å². The number of nitrogens with zero attached hydrogens (tertiary/aromatic N) is 1. The summed E-state index contributed by atoms with van der Waals surface area (Å²) < 4.78 is 5.06. The second kappa shape index (κ2) is 6.11. The first-order valence-electron chi connectivity index (χ1n) is 5.14. The molecule has 1 heterocycles. The molecule has 0 spiro atoms. The Hall–Kier alpha value is -0.410. The normalized spacial score (nSPS) is 18.8. The van der Waals surface area contributed by atoms with E-state index in [1.807, 2.05) is 6.92 Å². The van der Waals surface area contributed by atoms with E-state index < -0.39 is 0 Å². The van der Waals surface area contributed by atoms with Crippen molar-refractivity contribution in [3.63, 3.8) is 0 Å². The molecule has 13 heavy (non-hydrogen) atoms. The molecule has 0 aliphatic carbocycles. The van der Waals surface area contributed by atoms with Gasteiger partial charge in [0.05, 0.1) is 6.54 Å². The van der Waals surface area contributed by atoms with Crippen molar-refractivity contribution in [1.82, 2.24) is 4.90 Å². The highest BCUT2D eigenvalue weighted by Crippen LogP contribution is 2.07. The monoisotopic (exact) mass is 185 g/mol. The van der Waals surface area contributed by atoms with Crippen LogP contribution in [0.4, 0.5) is 0 Å². The molecule has 0 saturated carbocycles. The lowest BCUT2D eigenvalue weighted by Crippen LogP contribution is -2.35. The van der Waals surface area contributed by atoms with Crippen molar-refractivity contribution < 1.29 is 9.53 Å². The number of Topliss-reactive ketones (excluding diaryl/α,β-unsaturated/α-hetero) is 1. The van der Waals surface area contributed by atoms with Crippen LogP contribution in [0.25, 0.3) is 0 Å². The minimum Gasteiger partial charge on any atom is -0.374 e. The zero-order valence-electron chi connectivity index (χ0n) is 8.42. The standard InChI is InChI=1S/C10H19NO2/c1-2-13-9-10(12)8-11-6-4-3-5-7-11/h2-9H2,1H3. The fraction of sp³-hybridized carbons (Fsp3) is 0.900. The minimum absolute atomic E-state index is 0.212. The van der Waals surface area contributed by atoms with E-state index in [4.69, 9.17) is 4.74 Å². The molecule has 1 fully saturated rings. The molecule has 0 bridgehead atoms. The van der Waals surface area contributed by atoms with Crippen LogP contribution in [0.15, 0.2) is 0 Å². The average Bonchev–Trinajstić information content (AvgIpc) is 2.16. The molecule has 0 aromatic heterocycles. The third-order valence-corrected chi connectivity index (χ3v) is 2.32. The number of piperidine rings is 1. The number of rotatable bonds is 5. The summed E-state index contributed by atoms with van der Waals surface area (Å²) in [7, 11) is 0. The lowest BCUT2D eigenvalue weighted by atomic mass is 10.1. The number of ether oxygens (including phenoxy) is 1. The van der Waals surface area contributed by atoms with Crippen LogP contribution < -0.4 is 0 Å². The first-order valence-corrected chi connectivity index (χ1v) is 5.14. The first kappa shape index (κ1) is 10.7. The van der Waals surface area contributed by atoms with Gasteiger partial charge in [-0.2, -0.15) is 0 Å². The summed E-state index contributed by atoms with van der Waals surface area (Å²) in [6, 6.07) is 0. The maximum absolute atomic E-state index is 11.3.